The molecular weight excluding hydrogens is 227 g/mol. The van der Waals surface area contributed by atoms with Gasteiger partial charge in [-0.15, -0.1) is 0 Å². The first-order valence-electron chi connectivity index (χ1n) is 3.96. The molecule has 1 heterocycles. The molecule has 0 spiro atoms. The highest BCUT2D eigenvalue weighted by Gasteiger charge is 2.24. The largest absolute Gasteiger partial charge is 0.324 e. The van der Waals surface area contributed by atoms with Crippen LogP contribution in [-0.2, 0) is 6.42 Å². The van der Waals surface area contributed by atoms with Gasteiger partial charge >= 0.3 is 5.69 Å². The summed E-state index contributed by atoms with van der Waals surface area (Å²) >= 11 is 0. The van der Waals surface area contributed by atoms with Gasteiger partial charge in [-0.1, -0.05) is 0 Å². The van der Waals surface area contributed by atoms with E-state index >= 15 is 0 Å². The molecule has 5 nitrogen and oxygen atoms in total. The first-order chi connectivity index (χ1) is 7.47. The van der Waals surface area contributed by atoms with Crippen molar-refractivity contribution in [3.05, 3.63) is 33.4 Å². The zero-order chi connectivity index (χ0) is 12.3. The lowest BCUT2D eigenvalue weighted by Crippen LogP contribution is -2.04. The van der Waals surface area contributed by atoms with Gasteiger partial charge in [0.1, 0.15) is 0 Å². The highest BCUT2D eigenvalue weighted by molar-refractivity contribution is 5.37. The van der Waals surface area contributed by atoms with Crippen molar-refractivity contribution >= 4 is 5.69 Å². The van der Waals surface area contributed by atoms with Gasteiger partial charge in [-0.25, -0.2) is 13.8 Å². The number of rotatable bonds is 3. The van der Waals surface area contributed by atoms with Gasteiger partial charge in [-0.2, -0.15) is 9.65 Å². The third kappa shape index (κ3) is 2.25. The predicted octanol–water partition coefficient (Wildman–Crippen LogP) is 2.13. The Morgan fingerprint density at radius 1 is 1.62 bits per heavy atom. The molecule has 16 heavy (non-hydrogen) atoms. The van der Waals surface area contributed by atoms with Crippen LogP contribution in [0.4, 0.5) is 18.9 Å². The van der Waals surface area contributed by atoms with Crippen molar-refractivity contribution in [2.45, 2.75) is 12.8 Å². The Morgan fingerprint density at radius 3 is 2.69 bits per heavy atom. The average molecular weight is 231 g/mol. The number of halogens is 3. The highest BCUT2D eigenvalue weighted by Crippen LogP contribution is 2.27. The van der Waals surface area contributed by atoms with Crippen LogP contribution in [0.5, 0.6) is 0 Å². The number of alkyl halides is 2. The molecule has 1 aromatic rings. The summed E-state index contributed by atoms with van der Waals surface area (Å²) in [5.41, 5.74) is -2.41. The lowest BCUT2D eigenvalue weighted by Gasteiger charge is -2.04. The summed E-state index contributed by atoms with van der Waals surface area (Å²) in [6, 6.07) is 1.93. The molecule has 84 valence electrons. The smallest absolute Gasteiger partial charge is 0.258 e. The van der Waals surface area contributed by atoms with E-state index in [2.05, 4.69) is 4.98 Å². The van der Waals surface area contributed by atoms with Crippen LogP contribution < -0.4 is 0 Å². The summed E-state index contributed by atoms with van der Waals surface area (Å²) in [6.07, 6.45) is -3.58. The van der Waals surface area contributed by atoms with Gasteiger partial charge in [0.15, 0.2) is 0 Å². The van der Waals surface area contributed by atoms with Crippen molar-refractivity contribution in [1.82, 2.24) is 4.98 Å². The van der Waals surface area contributed by atoms with Gasteiger partial charge in [-0.05, 0) is 0 Å². The molecular formula is C8H4F3N3O2. The van der Waals surface area contributed by atoms with E-state index in [0.717, 1.165) is 0 Å². The van der Waals surface area contributed by atoms with Gasteiger partial charge in [0.2, 0.25) is 0 Å². The fraction of sp³-hybridized carbons (Fsp3) is 0.250. The third-order valence-corrected chi connectivity index (χ3v) is 1.75. The van der Waals surface area contributed by atoms with E-state index in [1.807, 2.05) is 0 Å². The Bertz CT molecular complexity index is 470. The second-order valence-electron chi connectivity index (χ2n) is 2.73. The third-order valence-electron chi connectivity index (χ3n) is 1.75. The quantitative estimate of drug-likeness (QED) is 0.453. The fourth-order valence-electron chi connectivity index (χ4n) is 1.06. The van der Waals surface area contributed by atoms with E-state index < -0.39 is 40.7 Å². The minimum atomic E-state index is -3.05. The summed E-state index contributed by atoms with van der Waals surface area (Å²) in [5, 5.41) is 18.6. The maximum Gasteiger partial charge on any atom is 0.324 e. The Kier molecular flexibility index (Phi) is 3.40. The number of hydrogen-bond acceptors (Lipinski definition) is 4. The lowest BCUT2D eigenvalue weighted by molar-refractivity contribution is -0.388. The van der Waals surface area contributed by atoms with Crippen molar-refractivity contribution in [3.8, 4) is 6.07 Å². The van der Waals surface area contributed by atoms with E-state index in [-0.39, 0.29) is 0 Å². The zero-order valence-electron chi connectivity index (χ0n) is 7.65. The summed E-state index contributed by atoms with van der Waals surface area (Å²) in [7, 11) is 0. The van der Waals surface area contributed by atoms with Crippen molar-refractivity contribution < 1.29 is 18.1 Å². The Morgan fingerprint density at radius 2 is 2.25 bits per heavy atom. The number of pyridine rings is 1. The van der Waals surface area contributed by atoms with Crippen LogP contribution >= 0.6 is 0 Å². The van der Waals surface area contributed by atoms with Crippen LogP contribution in [0.1, 0.15) is 17.7 Å². The van der Waals surface area contributed by atoms with Gasteiger partial charge in [0, 0.05) is 11.6 Å². The second kappa shape index (κ2) is 4.57. The average Bonchev–Trinajstić information content (AvgIpc) is 2.17. The molecule has 0 radical (unpaired) electrons. The van der Waals surface area contributed by atoms with Crippen molar-refractivity contribution in [1.29, 1.82) is 5.26 Å². The zero-order valence-corrected chi connectivity index (χ0v) is 7.65. The molecule has 0 N–H and O–H groups in total. The molecule has 0 bridgehead atoms. The van der Waals surface area contributed by atoms with E-state index in [1.54, 1.807) is 0 Å². The van der Waals surface area contributed by atoms with Gasteiger partial charge < -0.3 is 0 Å². The van der Waals surface area contributed by atoms with Gasteiger partial charge in [0.05, 0.1) is 23.1 Å². The number of hydrogen-bond donors (Lipinski definition) is 0. The molecule has 8 heteroatoms. The molecule has 0 unspecified atom stereocenters. The molecule has 0 saturated heterocycles. The fourth-order valence-corrected chi connectivity index (χ4v) is 1.06. The van der Waals surface area contributed by atoms with Gasteiger partial charge in [0.25, 0.3) is 12.4 Å². The van der Waals surface area contributed by atoms with E-state index in [1.165, 1.54) is 6.07 Å². The standard InChI is InChI=1S/C8H4F3N3O2/c9-7(10)4-3-6(14(15)16)8(11)13-5(4)1-2-12/h3,7H,1H2. The summed E-state index contributed by atoms with van der Waals surface area (Å²) < 4.78 is 37.8. The minimum absolute atomic E-state index is 0.402. The maximum absolute atomic E-state index is 13.0. The first-order valence-corrected chi connectivity index (χ1v) is 3.96. The lowest BCUT2D eigenvalue weighted by atomic mass is 10.1. The Labute approximate surface area is 87.3 Å². The molecule has 0 atom stereocenters. The van der Waals surface area contributed by atoms with Crippen molar-refractivity contribution in [3.63, 3.8) is 0 Å². The van der Waals surface area contributed by atoms with Crippen molar-refractivity contribution in [2.75, 3.05) is 0 Å². The summed E-state index contributed by atoms with van der Waals surface area (Å²) in [6.45, 7) is 0. The topological polar surface area (TPSA) is 79.8 Å². The highest BCUT2D eigenvalue weighted by atomic mass is 19.3. The normalized spacial score (nSPS) is 10.2. The number of aromatic nitrogens is 1. The van der Waals surface area contributed by atoms with Crippen LogP contribution in [0.15, 0.2) is 6.07 Å². The Balaban J connectivity index is 3.38. The molecule has 0 aromatic carbocycles. The second-order valence-corrected chi connectivity index (χ2v) is 2.73. The molecule has 0 fully saturated rings. The molecule has 0 aliphatic carbocycles. The van der Waals surface area contributed by atoms with Crippen LogP contribution in [0.2, 0.25) is 0 Å². The number of nitriles is 1. The van der Waals surface area contributed by atoms with Crippen LogP contribution in [0.25, 0.3) is 0 Å². The van der Waals surface area contributed by atoms with E-state index in [0.29, 0.717) is 6.07 Å². The van der Waals surface area contributed by atoms with Crippen LogP contribution in [0.3, 0.4) is 0 Å². The minimum Gasteiger partial charge on any atom is -0.258 e. The molecule has 1 aromatic heterocycles. The molecule has 0 amide bonds. The van der Waals surface area contributed by atoms with Crippen molar-refractivity contribution in [2.24, 2.45) is 0 Å². The Hall–Kier alpha value is -2.17. The van der Waals surface area contributed by atoms with E-state index in [9.17, 15) is 23.3 Å². The summed E-state index contributed by atoms with van der Waals surface area (Å²) in [4.78, 5) is 12.1. The number of nitrogens with zero attached hydrogens (tertiary/aromatic N) is 3. The van der Waals surface area contributed by atoms with E-state index in [4.69, 9.17) is 5.26 Å². The SMILES string of the molecule is N#CCc1nc(F)c([N+](=O)[O-])cc1C(F)F. The first kappa shape index (κ1) is 11.9. The van der Waals surface area contributed by atoms with Crippen LogP contribution in [0, 0.1) is 27.4 Å². The van der Waals surface area contributed by atoms with Gasteiger partial charge in [-0.3, -0.25) is 10.1 Å². The predicted molar refractivity (Wildman–Crippen MR) is 45.1 cm³/mol. The molecule has 0 aliphatic rings. The summed E-state index contributed by atoms with van der Waals surface area (Å²) in [5.74, 6) is -1.47. The monoisotopic (exact) mass is 231 g/mol. The molecule has 0 saturated carbocycles. The molecule has 0 aliphatic heterocycles. The molecule has 1 rings (SSSR count). The van der Waals surface area contributed by atoms with Crippen LogP contribution in [-0.4, -0.2) is 9.91 Å². The maximum atomic E-state index is 13.0. The number of nitro groups is 1.